The van der Waals surface area contributed by atoms with Gasteiger partial charge in [-0.15, -0.1) is 0 Å². The molecule has 0 aromatic heterocycles. The quantitative estimate of drug-likeness (QED) is 0.275. The number of aliphatic imine (C=N–C) groups is 1. The average Bonchev–Trinajstić information content (AvgIpc) is 2.66. The van der Waals surface area contributed by atoms with E-state index in [9.17, 15) is 4.79 Å². The van der Waals surface area contributed by atoms with Crippen molar-refractivity contribution in [2.45, 2.75) is 65.3 Å². The van der Waals surface area contributed by atoms with Gasteiger partial charge in [0, 0.05) is 0 Å². The molecule has 138 valence electrons. The van der Waals surface area contributed by atoms with Gasteiger partial charge in [0.2, 0.25) is 6.08 Å². The highest BCUT2D eigenvalue weighted by molar-refractivity contribution is 5.34. The first kappa shape index (κ1) is 20.1. The number of isocyanates is 1. The molecule has 1 atom stereocenters. The molecule has 0 heterocycles. The Hall–Kier alpha value is -2.18. The molecule has 0 bridgehead atoms. The van der Waals surface area contributed by atoms with Gasteiger partial charge in [-0.1, -0.05) is 75.2 Å². The van der Waals surface area contributed by atoms with Gasteiger partial charge in [0.25, 0.3) is 0 Å². The van der Waals surface area contributed by atoms with Gasteiger partial charge < -0.3 is 0 Å². The summed E-state index contributed by atoms with van der Waals surface area (Å²) in [6.07, 6.45) is 9.98. The third kappa shape index (κ3) is 7.37. The van der Waals surface area contributed by atoms with Crippen LogP contribution in [0.4, 0.5) is 0 Å². The zero-order chi connectivity index (χ0) is 18.6. The van der Waals surface area contributed by atoms with Crippen molar-refractivity contribution in [1.29, 1.82) is 0 Å². The number of aryl methyl sites for hydroxylation is 2. The lowest BCUT2D eigenvalue weighted by atomic mass is 9.96. The number of benzene rings is 2. The van der Waals surface area contributed by atoms with Crippen LogP contribution in [0.5, 0.6) is 0 Å². The van der Waals surface area contributed by atoms with E-state index in [0.717, 1.165) is 17.9 Å². The lowest BCUT2D eigenvalue weighted by Gasteiger charge is -2.10. The van der Waals surface area contributed by atoms with Crippen LogP contribution < -0.4 is 0 Å². The molecule has 0 saturated carbocycles. The lowest BCUT2D eigenvalue weighted by molar-refractivity contribution is 0.560. The second kappa shape index (κ2) is 11.4. The van der Waals surface area contributed by atoms with Crippen molar-refractivity contribution in [2.75, 3.05) is 0 Å². The van der Waals surface area contributed by atoms with Gasteiger partial charge in [-0.05, 0) is 60.3 Å². The molecule has 0 saturated heterocycles. The van der Waals surface area contributed by atoms with Crippen LogP contribution in [0.3, 0.4) is 0 Å². The highest BCUT2D eigenvalue weighted by Gasteiger charge is 2.02. The molecule has 2 nitrogen and oxygen atoms in total. The Morgan fingerprint density at radius 2 is 1.46 bits per heavy atom. The van der Waals surface area contributed by atoms with Crippen LogP contribution in [-0.4, -0.2) is 6.08 Å². The summed E-state index contributed by atoms with van der Waals surface area (Å²) in [6, 6.07) is 17.5. The fourth-order valence-corrected chi connectivity index (χ4v) is 3.30. The number of rotatable bonds is 11. The number of carbonyl (C=O) groups excluding carboxylic acids is 1. The molecule has 0 aliphatic heterocycles. The molecule has 2 aromatic carbocycles. The van der Waals surface area contributed by atoms with Crippen LogP contribution in [0.2, 0.25) is 0 Å². The summed E-state index contributed by atoms with van der Waals surface area (Å²) in [7, 11) is 0. The van der Waals surface area contributed by atoms with Crippen LogP contribution in [0.25, 0.3) is 0 Å². The summed E-state index contributed by atoms with van der Waals surface area (Å²) in [4.78, 5) is 13.9. The zero-order valence-corrected chi connectivity index (χ0v) is 16.2. The summed E-state index contributed by atoms with van der Waals surface area (Å²) >= 11 is 0. The number of nitrogens with zero attached hydrogens (tertiary/aromatic N) is 1. The van der Waals surface area contributed by atoms with E-state index in [1.54, 1.807) is 6.08 Å². The van der Waals surface area contributed by atoms with E-state index in [2.05, 4.69) is 55.2 Å². The zero-order valence-electron chi connectivity index (χ0n) is 16.2. The normalized spacial score (nSPS) is 11.8. The summed E-state index contributed by atoms with van der Waals surface area (Å²) in [5, 5.41) is 0. The first-order chi connectivity index (χ1) is 12.7. The van der Waals surface area contributed by atoms with E-state index in [-0.39, 0.29) is 0 Å². The van der Waals surface area contributed by atoms with Gasteiger partial charge in [-0.2, -0.15) is 0 Å². The number of unbranched alkanes of at least 4 members (excludes halogenated alkanes) is 2. The molecular weight excluding hydrogens is 318 g/mol. The van der Waals surface area contributed by atoms with E-state index in [4.69, 9.17) is 0 Å². The van der Waals surface area contributed by atoms with Gasteiger partial charge in [0.1, 0.15) is 0 Å². The van der Waals surface area contributed by atoms with E-state index in [1.807, 2.05) is 12.1 Å². The monoisotopic (exact) mass is 349 g/mol. The minimum Gasteiger partial charge on any atom is -0.211 e. The average molecular weight is 350 g/mol. The topological polar surface area (TPSA) is 29.4 Å². The van der Waals surface area contributed by atoms with Crippen molar-refractivity contribution in [3.05, 3.63) is 70.8 Å². The molecule has 0 aliphatic carbocycles. The smallest absolute Gasteiger partial charge is 0.211 e. The summed E-state index contributed by atoms with van der Waals surface area (Å²) in [5.74, 6) is 0.762. The molecule has 0 amide bonds. The highest BCUT2D eigenvalue weighted by Crippen LogP contribution is 2.16. The molecule has 26 heavy (non-hydrogen) atoms. The maximum Gasteiger partial charge on any atom is 0.235 e. The molecular formula is C24H31NO. The Morgan fingerprint density at radius 1 is 0.885 bits per heavy atom. The molecule has 0 aliphatic rings. The third-order valence-electron chi connectivity index (χ3n) is 5.02. The van der Waals surface area contributed by atoms with Crippen molar-refractivity contribution in [3.8, 4) is 0 Å². The van der Waals surface area contributed by atoms with Crippen LogP contribution in [-0.2, 0) is 30.6 Å². The standard InChI is InChI=1S/C24H31NO/c1-3-20(2)15-23-13-7-11-21(16-23)9-5-4-6-10-22-12-8-14-24(17-22)18-25-19-26/h7-8,11-14,16-17,20H,3-6,9-10,15,18H2,1-2H3. The second-order valence-electron chi connectivity index (χ2n) is 7.33. The van der Waals surface area contributed by atoms with Crippen molar-refractivity contribution in [1.82, 2.24) is 0 Å². The van der Waals surface area contributed by atoms with Crippen molar-refractivity contribution >= 4 is 6.08 Å². The molecule has 0 radical (unpaired) electrons. The first-order valence-corrected chi connectivity index (χ1v) is 9.90. The predicted octanol–water partition coefficient (Wildman–Crippen LogP) is 6.07. The minimum absolute atomic E-state index is 0.435. The van der Waals surface area contributed by atoms with Gasteiger partial charge in [-0.3, -0.25) is 0 Å². The third-order valence-corrected chi connectivity index (χ3v) is 5.02. The van der Waals surface area contributed by atoms with Gasteiger partial charge in [0.05, 0.1) is 6.54 Å². The Balaban J connectivity index is 1.72. The van der Waals surface area contributed by atoms with E-state index < -0.39 is 0 Å². The Labute approximate surface area is 158 Å². The maximum absolute atomic E-state index is 10.2. The Morgan fingerprint density at radius 3 is 2.08 bits per heavy atom. The molecule has 0 spiro atoms. The van der Waals surface area contributed by atoms with E-state index >= 15 is 0 Å². The van der Waals surface area contributed by atoms with E-state index in [0.29, 0.717) is 6.54 Å². The maximum atomic E-state index is 10.2. The van der Waals surface area contributed by atoms with Crippen LogP contribution in [0, 0.1) is 5.92 Å². The fourth-order valence-electron chi connectivity index (χ4n) is 3.30. The Bertz CT molecular complexity index is 716. The molecule has 2 rings (SSSR count). The summed E-state index contributed by atoms with van der Waals surface area (Å²) < 4.78 is 0. The van der Waals surface area contributed by atoms with Crippen LogP contribution in [0.1, 0.15) is 61.8 Å². The lowest BCUT2D eigenvalue weighted by Crippen LogP contribution is -1.98. The molecule has 2 heteroatoms. The second-order valence-corrected chi connectivity index (χ2v) is 7.33. The molecule has 2 aromatic rings. The van der Waals surface area contributed by atoms with Crippen LogP contribution in [0.15, 0.2) is 53.5 Å². The molecule has 0 N–H and O–H groups in total. The van der Waals surface area contributed by atoms with Gasteiger partial charge in [0.15, 0.2) is 0 Å². The van der Waals surface area contributed by atoms with Gasteiger partial charge in [-0.25, -0.2) is 9.79 Å². The number of hydrogen-bond donors (Lipinski definition) is 0. The first-order valence-electron chi connectivity index (χ1n) is 9.90. The molecule has 1 unspecified atom stereocenters. The Kier molecular flexibility index (Phi) is 8.86. The fraction of sp³-hybridized carbons (Fsp3) is 0.458. The highest BCUT2D eigenvalue weighted by atomic mass is 16.1. The van der Waals surface area contributed by atoms with E-state index in [1.165, 1.54) is 55.2 Å². The SMILES string of the molecule is CCC(C)Cc1cccc(CCCCCc2cccc(CN=C=O)c2)c1. The van der Waals surface area contributed by atoms with Crippen molar-refractivity contribution in [2.24, 2.45) is 10.9 Å². The minimum atomic E-state index is 0.435. The predicted molar refractivity (Wildman–Crippen MR) is 109 cm³/mol. The number of hydrogen-bond acceptors (Lipinski definition) is 2. The van der Waals surface area contributed by atoms with Crippen molar-refractivity contribution < 1.29 is 4.79 Å². The largest absolute Gasteiger partial charge is 0.235 e. The molecule has 0 fully saturated rings. The van der Waals surface area contributed by atoms with Crippen molar-refractivity contribution in [3.63, 3.8) is 0 Å². The summed E-state index contributed by atoms with van der Waals surface area (Å²) in [5.41, 5.74) is 5.37. The van der Waals surface area contributed by atoms with Crippen LogP contribution >= 0.6 is 0 Å². The van der Waals surface area contributed by atoms with Gasteiger partial charge >= 0.3 is 0 Å². The summed E-state index contributed by atoms with van der Waals surface area (Å²) in [6.45, 7) is 5.02.